The van der Waals surface area contributed by atoms with Gasteiger partial charge in [-0.05, 0) is 42.8 Å². The molecule has 4 heteroatoms. The zero-order chi connectivity index (χ0) is 13.7. The lowest BCUT2D eigenvalue weighted by Gasteiger charge is -2.08. The molecule has 0 heterocycles. The zero-order valence-corrected chi connectivity index (χ0v) is 11.1. The Balaban J connectivity index is 1.84. The first-order chi connectivity index (χ1) is 9.16. The quantitative estimate of drug-likeness (QED) is 0.821. The van der Waals surface area contributed by atoms with Crippen LogP contribution in [0.1, 0.15) is 11.1 Å². The number of hydrogen-bond donors (Lipinski definition) is 2. The van der Waals surface area contributed by atoms with Crippen LogP contribution in [0.5, 0.6) is 5.75 Å². The Kier molecular flexibility index (Phi) is 4.77. The SMILES string of the molecule is Oc1ccc(Cl)cc1CNCCc1ccccc1F. The predicted octanol–water partition coefficient (Wildman–Crippen LogP) is 3.52. The molecule has 0 spiro atoms. The summed E-state index contributed by atoms with van der Waals surface area (Å²) in [6, 6.07) is 11.6. The normalized spacial score (nSPS) is 10.6. The molecule has 2 aromatic rings. The van der Waals surface area contributed by atoms with Gasteiger partial charge in [0.1, 0.15) is 11.6 Å². The van der Waals surface area contributed by atoms with Gasteiger partial charge in [-0.2, -0.15) is 0 Å². The van der Waals surface area contributed by atoms with Crippen LogP contribution in [0.3, 0.4) is 0 Å². The lowest BCUT2D eigenvalue weighted by Crippen LogP contribution is -2.17. The van der Waals surface area contributed by atoms with Crippen LogP contribution in [0.15, 0.2) is 42.5 Å². The van der Waals surface area contributed by atoms with Crippen molar-refractivity contribution >= 4 is 11.6 Å². The van der Waals surface area contributed by atoms with Crippen LogP contribution in [0.25, 0.3) is 0 Å². The molecule has 0 atom stereocenters. The molecule has 0 unspecified atom stereocenters. The van der Waals surface area contributed by atoms with Crippen LogP contribution in [0.2, 0.25) is 5.02 Å². The Labute approximate surface area is 116 Å². The highest BCUT2D eigenvalue weighted by molar-refractivity contribution is 6.30. The summed E-state index contributed by atoms with van der Waals surface area (Å²) in [7, 11) is 0. The van der Waals surface area contributed by atoms with Gasteiger partial charge in [0.15, 0.2) is 0 Å². The number of nitrogens with one attached hydrogen (secondary N) is 1. The smallest absolute Gasteiger partial charge is 0.126 e. The fraction of sp³-hybridized carbons (Fsp3) is 0.200. The van der Waals surface area contributed by atoms with Crippen molar-refractivity contribution < 1.29 is 9.50 Å². The molecule has 0 aliphatic carbocycles. The Bertz CT molecular complexity index is 560. The average Bonchev–Trinajstić information content (AvgIpc) is 2.40. The van der Waals surface area contributed by atoms with Crippen molar-refractivity contribution in [3.05, 3.63) is 64.4 Å². The Morgan fingerprint density at radius 1 is 1.11 bits per heavy atom. The van der Waals surface area contributed by atoms with Gasteiger partial charge >= 0.3 is 0 Å². The molecule has 2 N–H and O–H groups in total. The van der Waals surface area contributed by atoms with Crippen molar-refractivity contribution in [3.8, 4) is 5.75 Å². The third kappa shape index (κ3) is 3.94. The van der Waals surface area contributed by atoms with Gasteiger partial charge in [-0.3, -0.25) is 0 Å². The molecule has 2 aromatic carbocycles. The topological polar surface area (TPSA) is 32.3 Å². The molecule has 0 saturated carbocycles. The second-order valence-electron chi connectivity index (χ2n) is 4.29. The van der Waals surface area contributed by atoms with Crippen LogP contribution >= 0.6 is 11.6 Å². The van der Waals surface area contributed by atoms with Crippen molar-refractivity contribution in [2.45, 2.75) is 13.0 Å². The predicted molar refractivity (Wildman–Crippen MR) is 74.9 cm³/mol. The van der Waals surface area contributed by atoms with Crippen LogP contribution < -0.4 is 5.32 Å². The van der Waals surface area contributed by atoms with Crippen molar-refractivity contribution in [2.24, 2.45) is 0 Å². The van der Waals surface area contributed by atoms with Crippen LogP contribution in [-0.2, 0) is 13.0 Å². The zero-order valence-electron chi connectivity index (χ0n) is 10.4. The molecular weight excluding hydrogens is 265 g/mol. The monoisotopic (exact) mass is 279 g/mol. The number of hydrogen-bond acceptors (Lipinski definition) is 2. The van der Waals surface area contributed by atoms with Gasteiger partial charge in [0.2, 0.25) is 0 Å². The van der Waals surface area contributed by atoms with Crippen molar-refractivity contribution in [1.29, 1.82) is 0 Å². The number of benzene rings is 2. The van der Waals surface area contributed by atoms with E-state index in [-0.39, 0.29) is 11.6 Å². The summed E-state index contributed by atoms with van der Waals surface area (Å²) in [5, 5.41) is 13.4. The maximum atomic E-state index is 13.4. The highest BCUT2D eigenvalue weighted by atomic mass is 35.5. The maximum Gasteiger partial charge on any atom is 0.126 e. The van der Waals surface area contributed by atoms with E-state index in [0.717, 1.165) is 5.56 Å². The molecule has 0 bridgehead atoms. The summed E-state index contributed by atoms with van der Waals surface area (Å²) >= 11 is 5.86. The minimum Gasteiger partial charge on any atom is -0.508 e. The van der Waals surface area contributed by atoms with Crippen molar-refractivity contribution in [1.82, 2.24) is 5.32 Å². The third-order valence-electron chi connectivity index (χ3n) is 2.89. The van der Waals surface area contributed by atoms with E-state index in [0.29, 0.717) is 30.1 Å². The van der Waals surface area contributed by atoms with Crippen LogP contribution in [0.4, 0.5) is 4.39 Å². The van der Waals surface area contributed by atoms with Crippen molar-refractivity contribution in [3.63, 3.8) is 0 Å². The van der Waals surface area contributed by atoms with E-state index in [2.05, 4.69) is 5.32 Å². The fourth-order valence-electron chi connectivity index (χ4n) is 1.84. The Hall–Kier alpha value is -1.58. The lowest BCUT2D eigenvalue weighted by atomic mass is 10.1. The number of aromatic hydroxyl groups is 1. The molecule has 0 aliphatic heterocycles. The summed E-state index contributed by atoms with van der Waals surface area (Å²) in [6.07, 6.45) is 0.605. The molecule has 2 nitrogen and oxygen atoms in total. The average molecular weight is 280 g/mol. The van der Waals surface area contributed by atoms with Crippen LogP contribution in [0, 0.1) is 5.82 Å². The number of rotatable bonds is 5. The summed E-state index contributed by atoms with van der Waals surface area (Å²) in [6.45, 7) is 1.13. The number of phenolic OH excluding ortho intramolecular Hbond substituents is 1. The summed E-state index contributed by atoms with van der Waals surface area (Å²) in [5.41, 5.74) is 1.42. The first kappa shape index (κ1) is 13.8. The summed E-state index contributed by atoms with van der Waals surface area (Å²) in [5.74, 6) is 0.0256. The molecule has 0 aliphatic rings. The van der Waals surface area contributed by atoms with E-state index in [1.165, 1.54) is 6.07 Å². The first-order valence-electron chi connectivity index (χ1n) is 6.08. The van der Waals surface area contributed by atoms with Gasteiger partial charge in [-0.25, -0.2) is 4.39 Å². The van der Waals surface area contributed by atoms with E-state index >= 15 is 0 Å². The van der Waals surface area contributed by atoms with E-state index in [1.807, 2.05) is 6.07 Å². The van der Waals surface area contributed by atoms with E-state index < -0.39 is 0 Å². The van der Waals surface area contributed by atoms with Crippen LogP contribution in [-0.4, -0.2) is 11.7 Å². The third-order valence-corrected chi connectivity index (χ3v) is 3.12. The van der Waals surface area contributed by atoms with Gasteiger partial charge in [0.25, 0.3) is 0 Å². The molecule has 19 heavy (non-hydrogen) atoms. The number of halogens is 2. The van der Waals surface area contributed by atoms with E-state index in [1.54, 1.807) is 30.3 Å². The first-order valence-corrected chi connectivity index (χ1v) is 6.46. The molecule has 0 aromatic heterocycles. The second-order valence-corrected chi connectivity index (χ2v) is 4.73. The molecule has 100 valence electrons. The van der Waals surface area contributed by atoms with Gasteiger partial charge in [-0.15, -0.1) is 0 Å². The van der Waals surface area contributed by atoms with Gasteiger partial charge in [0.05, 0.1) is 0 Å². The van der Waals surface area contributed by atoms with Gasteiger partial charge < -0.3 is 10.4 Å². The fourth-order valence-corrected chi connectivity index (χ4v) is 2.04. The highest BCUT2D eigenvalue weighted by Crippen LogP contribution is 2.21. The molecule has 0 saturated heterocycles. The molecule has 0 fully saturated rings. The molecule has 0 radical (unpaired) electrons. The van der Waals surface area contributed by atoms with E-state index in [4.69, 9.17) is 11.6 Å². The van der Waals surface area contributed by atoms with Crippen molar-refractivity contribution in [2.75, 3.05) is 6.54 Å². The molecule has 2 rings (SSSR count). The minimum absolute atomic E-state index is 0.185. The summed E-state index contributed by atoms with van der Waals surface area (Å²) < 4.78 is 13.4. The van der Waals surface area contributed by atoms with E-state index in [9.17, 15) is 9.50 Å². The minimum atomic E-state index is -0.185. The van der Waals surface area contributed by atoms with Gasteiger partial charge in [-0.1, -0.05) is 29.8 Å². The Morgan fingerprint density at radius 3 is 2.68 bits per heavy atom. The standard InChI is InChI=1S/C15H15ClFNO/c16-13-5-6-15(19)12(9-13)10-18-8-7-11-3-1-2-4-14(11)17/h1-6,9,18-19H,7-8,10H2. The lowest BCUT2D eigenvalue weighted by molar-refractivity contribution is 0.464. The molecular formula is C15H15ClFNO. The maximum absolute atomic E-state index is 13.4. The Morgan fingerprint density at radius 2 is 1.89 bits per heavy atom. The number of phenols is 1. The molecule has 0 amide bonds. The largest absolute Gasteiger partial charge is 0.508 e. The summed E-state index contributed by atoms with van der Waals surface area (Å²) in [4.78, 5) is 0. The highest BCUT2D eigenvalue weighted by Gasteiger charge is 2.03. The second kappa shape index (κ2) is 6.55. The van der Waals surface area contributed by atoms with Gasteiger partial charge in [0, 0.05) is 17.1 Å².